The maximum Gasteiger partial charge on any atom is 0.237 e. The zero-order chi connectivity index (χ0) is 21.7. The molecule has 1 aliphatic heterocycles. The molecule has 2 aromatic rings. The van der Waals surface area contributed by atoms with Gasteiger partial charge in [-0.2, -0.15) is 0 Å². The molecule has 1 N–H and O–H groups in total. The smallest absolute Gasteiger partial charge is 0.237 e. The number of hydrogen-bond donors (Lipinski definition) is 1. The van der Waals surface area contributed by atoms with Gasteiger partial charge in [-0.15, -0.1) is 0 Å². The Kier molecular flexibility index (Phi) is 7.20. The summed E-state index contributed by atoms with van der Waals surface area (Å²) in [6, 6.07) is 8.02. The number of nitrogens with one attached hydrogen (secondary N) is 1. The van der Waals surface area contributed by atoms with Gasteiger partial charge in [-0.05, 0) is 37.2 Å². The fourth-order valence-corrected chi connectivity index (χ4v) is 3.86. The second-order valence-corrected chi connectivity index (χ2v) is 7.51. The maximum atomic E-state index is 5.68. The SMILES string of the molecule is CCc1cc(NC(=S)N2CCN(c3cc(OC)cc(OC)c3)CC2)c(OC)nc1C. The molecule has 1 aliphatic rings. The molecular formula is C22H30N4O3S. The molecule has 0 spiro atoms. The van der Waals surface area contributed by atoms with Gasteiger partial charge in [-0.25, -0.2) is 4.98 Å². The average Bonchev–Trinajstić information content (AvgIpc) is 2.79. The number of thiocarbonyl (C=S) groups is 1. The highest BCUT2D eigenvalue weighted by Gasteiger charge is 2.21. The summed E-state index contributed by atoms with van der Waals surface area (Å²) in [7, 11) is 4.96. The lowest BCUT2D eigenvalue weighted by atomic mass is 10.1. The first-order chi connectivity index (χ1) is 14.5. The third-order valence-electron chi connectivity index (χ3n) is 5.37. The molecular weight excluding hydrogens is 400 g/mol. The lowest BCUT2D eigenvalue weighted by Crippen LogP contribution is -2.50. The lowest BCUT2D eigenvalue weighted by Gasteiger charge is -2.37. The maximum absolute atomic E-state index is 5.68. The topological polar surface area (TPSA) is 59.1 Å². The van der Waals surface area contributed by atoms with Crippen LogP contribution < -0.4 is 24.4 Å². The van der Waals surface area contributed by atoms with Crippen molar-refractivity contribution < 1.29 is 14.2 Å². The highest BCUT2D eigenvalue weighted by Crippen LogP contribution is 2.29. The predicted octanol–water partition coefficient (Wildman–Crippen LogP) is 3.50. The summed E-state index contributed by atoms with van der Waals surface area (Å²) in [6.45, 7) is 7.44. The highest BCUT2D eigenvalue weighted by molar-refractivity contribution is 7.80. The molecule has 0 unspecified atom stereocenters. The molecule has 30 heavy (non-hydrogen) atoms. The molecule has 0 radical (unpaired) electrons. The minimum atomic E-state index is 0.564. The molecule has 1 saturated heterocycles. The van der Waals surface area contributed by atoms with Crippen molar-refractivity contribution in [3.8, 4) is 17.4 Å². The highest BCUT2D eigenvalue weighted by atomic mass is 32.1. The van der Waals surface area contributed by atoms with E-state index in [0.29, 0.717) is 11.0 Å². The van der Waals surface area contributed by atoms with Gasteiger partial charge in [0, 0.05) is 55.8 Å². The number of aromatic nitrogens is 1. The van der Waals surface area contributed by atoms with Crippen LogP contribution in [0.5, 0.6) is 17.4 Å². The van der Waals surface area contributed by atoms with Crippen molar-refractivity contribution in [1.82, 2.24) is 9.88 Å². The molecule has 1 aromatic carbocycles. The Morgan fingerprint density at radius 1 is 1.00 bits per heavy atom. The Bertz CT molecular complexity index is 876. The first kappa shape index (κ1) is 22.0. The second kappa shape index (κ2) is 9.84. The molecule has 8 heteroatoms. The third kappa shape index (κ3) is 4.87. The first-order valence-electron chi connectivity index (χ1n) is 10.1. The van der Waals surface area contributed by atoms with E-state index < -0.39 is 0 Å². The van der Waals surface area contributed by atoms with E-state index in [1.165, 1.54) is 5.56 Å². The number of hydrogen-bond acceptors (Lipinski definition) is 6. The molecule has 1 aromatic heterocycles. The van der Waals surface area contributed by atoms with Crippen LogP contribution in [0.3, 0.4) is 0 Å². The zero-order valence-electron chi connectivity index (χ0n) is 18.3. The molecule has 0 bridgehead atoms. The predicted molar refractivity (Wildman–Crippen MR) is 124 cm³/mol. The molecule has 3 rings (SSSR count). The number of nitrogens with zero attached hydrogens (tertiary/aromatic N) is 3. The van der Waals surface area contributed by atoms with Gasteiger partial charge in [0.25, 0.3) is 0 Å². The molecule has 7 nitrogen and oxygen atoms in total. The van der Waals surface area contributed by atoms with Crippen LogP contribution in [0.2, 0.25) is 0 Å². The van der Waals surface area contributed by atoms with Gasteiger partial charge in [0.1, 0.15) is 17.2 Å². The van der Waals surface area contributed by atoms with Gasteiger partial charge < -0.3 is 29.3 Å². The number of piperazine rings is 1. The van der Waals surface area contributed by atoms with E-state index in [1.54, 1.807) is 21.3 Å². The van der Waals surface area contributed by atoms with Crippen molar-refractivity contribution in [1.29, 1.82) is 0 Å². The van der Waals surface area contributed by atoms with Crippen LogP contribution in [0.1, 0.15) is 18.2 Å². The van der Waals surface area contributed by atoms with E-state index in [1.807, 2.05) is 25.1 Å². The van der Waals surface area contributed by atoms with Gasteiger partial charge in [0.05, 0.1) is 21.3 Å². The van der Waals surface area contributed by atoms with E-state index in [-0.39, 0.29) is 0 Å². The quantitative estimate of drug-likeness (QED) is 0.699. The molecule has 2 heterocycles. The van der Waals surface area contributed by atoms with E-state index >= 15 is 0 Å². The monoisotopic (exact) mass is 430 g/mol. The first-order valence-corrected chi connectivity index (χ1v) is 10.5. The van der Waals surface area contributed by atoms with Gasteiger partial charge in [-0.1, -0.05) is 6.92 Å². The van der Waals surface area contributed by atoms with Crippen molar-refractivity contribution >= 4 is 28.7 Å². The Balaban J connectivity index is 1.66. The van der Waals surface area contributed by atoms with E-state index in [9.17, 15) is 0 Å². The lowest BCUT2D eigenvalue weighted by molar-refractivity contribution is 0.383. The summed E-state index contributed by atoms with van der Waals surface area (Å²) in [5, 5.41) is 4.02. The Morgan fingerprint density at radius 2 is 1.63 bits per heavy atom. The number of methoxy groups -OCH3 is 3. The van der Waals surface area contributed by atoms with Crippen LogP contribution >= 0.6 is 12.2 Å². The van der Waals surface area contributed by atoms with Crippen molar-refractivity contribution in [2.24, 2.45) is 0 Å². The summed E-state index contributed by atoms with van der Waals surface area (Å²) in [5.41, 5.74) is 4.05. The molecule has 0 aliphatic carbocycles. The minimum absolute atomic E-state index is 0.564. The zero-order valence-corrected chi connectivity index (χ0v) is 19.1. The number of anilines is 2. The Morgan fingerprint density at radius 3 is 2.17 bits per heavy atom. The van der Waals surface area contributed by atoms with E-state index in [2.05, 4.69) is 33.1 Å². The fourth-order valence-electron chi connectivity index (χ4n) is 3.56. The van der Waals surface area contributed by atoms with Crippen molar-refractivity contribution in [3.05, 3.63) is 35.5 Å². The van der Waals surface area contributed by atoms with Crippen LogP contribution in [0.15, 0.2) is 24.3 Å². The van der Waals surface area contributed by atoms with E-state index in [4.69, 9.17) is 26.4 Å². The van der Waals surface area contributed by atoms with Gasteiger partial charge in [0.15, 0.2) is 5.11 Å². The molecule has 162 valence electrons. The van der Waals surface area contributed by atoms with Crippen LogP contribution in [0.4, 0.5) is 11.4 Å². The minimum Gasteiger partial charge on any atom is -0.497 e. The largest absolute Gasteiger partial charge is 0.497 e. The third-order valence-corrected chi connectivity index (χ3v) is 5.73. The summed E-state index contributed by atoms with van der Waals surface area (Å²) < 4.78 is 16.2. The summed E-state index contributed by atoms with van der Waals surface area (Å²) in [5.74, 6) is 2.14. The number of benzene rings is 1. The van der Waals surface area contributed by atoms with Crippen molar-refractivity contribution in [3.63, 3.8) is 0 Å². The Labute approximate surface area is 183 Å². The van der Waals surface area contributed by atoms with Crippen molar-refractivity contribution in [2.75, 3.05) is 57.7 Å². The van der Waals surface area contributed by atoms with E-state index in [0.717, 1.165) is 61.2 Å². The summed E-state index contributed by atoms with van der Waals surface area (Å²) >= 11 is 5.68. The fraction of sp³-hybridized carbons (Fsp3) is 0.455. The van der Waals surface area contributed by atoms with Gasteiger partial charge in [0.2, 0.25) is 5.88 Å². The van der Waals surface area contributed by atoms with Gasteiger partial charge >= 0.3 is 0 Å². The van der Waals surface area contributed by atoms with Crippen LogP contribution in [0.25, 0.3) is 0 Å². The number of aryl methyl sites for hydroxylation is 2. The number of rotatable bonds is 6. The van der Waals surface area contributed by atoms with Crippen LogP contribution in [-0.4, -0.2) is 62.5 Å². The molecule has 0 saturated carbocycles. The average molecular weight is 431 g/mol. The number of ether oxygens (including phenoxy) is 3. The summed E-state index contributed by atoms with van der Waals surface area (Å²) in [4.78, 5) is 9.04. The van der Waals surface area contributed by atoms with Crippen molar-refractivity contribution in [2.45, 2.75) is 20.3 Å². The molecule has 0 amide bonds. The summed E-state index contributed by atoms with van der Waals surface area (Å²) in [6.07, 6.45) is 0.910. The standard InChI is InChI=1S/C22H30N4O3S/c1-6-16-11-20(21(29-5)23-15(16)2)24-22(30)26-9-7-25(8-10-26)17-12-18(27-3)14-19(13-17)28-4/h11-14H,6-10H2,1-5H3,(H,24,30). The number of pyridine rings is 1. The normalized spacial score (nSPS) is 13.8. The molecule has 0 atom stereocenters. The second-order valence-electron chi connectivity index (χ2n) is 7.12. The Hall–Kier alpha value is -2.74. The molecule has 1 fully saturated rings. The van der Waals surface area contributed by atoms with Crippen LogP contribution in [-0.2, 0) is 6.42 Å². The van der Waals surface area contributed by atoms with Gasteiger partial charge in [-0.3, -0.25) is 0 Å². The van der Waals surface area contributed by atoms with Crippen LogP contribution in [0, 0.1) is 6.92 Å².